The van der Waals surface area contributed by atoms with Gasteiger partial charge in [0, 0.05) is 31.7 Å². The molecule has 1 N–H and O–H groups in total. The molecule has 1 atom stereocenters. The van der Waals surface area contributed by atoms with Gasteiger partial charge in [-0.1, -0.05) is 30.4 Å². The highest BCUT2D eigenvalue weighted by molar-refractivity contribution is 5.88. The van der Waals surface area contributed by atoms with E-state index in [0.29, 0.717) is 32.8 Å². The summed E-state index contributed by atoms with van der Waals surface area (Å²) in [7, 11) is 1.64. The van der Waals surface area contributed by atoms with Crippen molar-refractivity contribution >= 4 is 17.9 Å². The van der Waals surface area contributed by atoms with Crippen LogP contribution in [0.4, 0.5) is 0 Å². The minimum absolute atomic E-state index is 0.0997. The monoisotopic (exact) mass is 373 g/mol. The van der Waals surface area contributed by atoms with Crippen molar-refractivity contribution in [3.63, 3.8) is 0 Å². The van der Waals surface area contributed by atoms with Crippen molar-refractivity contribution in [1.29, 1.82) is 0 Å². The molecule has 0 radical (unpaired) electrons. The fourth-order valence-electron chi connectivity index (χ4n) is 3.38. The van der Waals surface area contributed by atoms with Crippen LogP contribution >= 0.6 is 0 Å². The fourth-order valence-corrected chi connectivity index (χ4v) is 3.38. The fraction of sp³-hybridized carbons (Fsp3) is 0.500. The third-order valence-electron chi connectivity index (χ3n) is 4.87. The maximum atomic E-state index is 12.5. The lowest BCUT2D eigenvalue weighted by molar-refractivity contribution is -0.198. The molecule has 2 saturated heterocycles. The zero-order chi connectivity index (χ0) is 19.1. The number of nitrogens with zero attached hydrogens (tertiary/aromatic N) is 2. The van der Waals surface area contributed by atoms with E-state index in [2.05, 4.69) is 5.32 Å². The number of carbonyl (C=O) groups is 2. The lowest BCUT2D eigenvalue weighted by Crippen LogP contribution is -2.56. The van der Waals surface area contributed by atoms with Crippen molar-refractivity contribution in [3.05, 3.63) is 35.9 Å². The molecule has 2 heterocycles. The Morgan fingerprint density at radius 2 is 2.19 bits per heavy atom. The molecule has 2 aliphatic rings. The summed E-state index contributed by atoms with van der Waals surface area (Å²) in [4.78, 5) is 32.3. The molecule has 0 aromatic heterocycles. The maximum Gasteiger partial charge on any atom is 0.248 e. The lowest BCUT2D eigenvalue weighted by Gasteiger charge is -2.35. The van der Waals surface area contributed by atoms with E-state index in [1.165, 1.54) is 5.06 Å². The Balaban J connectivity index is 1.62. The molecule has 1 unspecified atom stereocenters. The molecule has 3 rings (SSSR count). The van der Waals surface area contributed by atoms with Crippen LogP contribution in [-0.4, -0.2) is 67.7 Å². The van der Waals surface area contributed by atoms with Gasteiger partial charge in [0.25, 0.3) is 0 Å². The number of amides is 2. The molecule has 1 aromatic rings. The summed E-state index contributed by atoms with van der Waals surface area (Å²) in [6.07, 6.45) is 6.03. The molecule has 0 saturated carbocycles. The first-order valence-corrected chi connectivity index (χ1v) is 9.43. The summed E-state index contributed by atoms with van der Waals surface area (Å²) in [6.45, 7) is 3.05. The molecule has 0 spiro atoms. The number of piperazine rings is 1. The molecule has 146 valence electrons. The number of carbonyl (C=O) groups excluding carboxylic acids is 2. The second kappa shape index (κ2) is 9.53. The van der Waals surface area contributed by atoms with E-state index < -0.39 is 6.04 Å². The topological polar surface area (TPSA) is 71.1 Å². The quantitative estimate of drug-likeness (QED) is 0.817. The van der Waals surface area contributed by atoms with Crippen LogP contribution in [0.2, 0.25) is 0 Å². The molecule has 7 nitrogen and oxygen atoms in total. The molecule has 2 amide bonds. The zero-order valence-corrected chi connectivity index (χ0v) is 15.7. The third-order valence-corrected chi connectivity index (χ3v) is 4.87. The van der Waals surface area contributed by atoms with Crippen LogP contribution in [0, 0.1) is 0 Å². The van der Waals surface area contributed by atoms with Gasteiger partial charge >= 0.3 is 0 Å². The van der Waals surface area contributed by atoms with Crippen molar-refractivity contribution in [2.24, 2.45) is 0 Å². The normalized spacial score (nSPS) is 21.3. The Morgan fingerprint density at radius 3 is 2.96 bits per heavy atom. The van der Waals surface area contributed by atoms with Crippen LogP contribution in [0.3, 0.4) is 0 Å². The summed E-state index contributed by atoms with van der Waals surface area (Å²) in [6, 6.07) is 7.30. The number of nitrogens with one attached hydrogen (secondary N) is 1. The van der Waals surface area contributed by atoms with Gasteiger partial charge in [0.2, 0.25) is 11.8 Å². The second-order valence-electron chi connectivity index (χ2n) is 6.69. The maximum absolute atomic E-state index is 12.5. The Hall–Kier alpha value is -2.38. The first-order chi connectivity index (χ1) is 13.2. The summed E-state index contributed by atoms with van der Waals surface area (Å²) in [5.74, 6) is 0.576. The predicted octanol–water partition coefficient (Wildman–Crippen LogP) is 1.45. The molecule has 1 aromatic carbocycles. The van der Waals surface area contributed by atoms with Crippen LogP contribution in [-0.2, 0) is 14.4 Å². The number of ether oxygens (including phenoxy) is 1. The standard InChI is InChI=1S/C20H27N3O4/c1-26-18-9-3-2-7-16(18)8-6-11-22-13-10-21-20(25)17(22)15-19(24)23-12-4-5-14-27-23/h2-3,6-9,17H,4-5,10-15H2,1H3,(H,21,25). The van der Waals surface area contributed by atoms with Crippen LogP contribution in [0.25, 0.3) is 6.08 Å². The lowest BCUT2D eigenvalue weighted by atomic mass is 10.1. The van der Waals surface area contributed by atoms with Gasteiger partial charge in [0.1, 0.15) is 5.75 Å². The summed E-state index contributed by atoms with van der Waals surface area (Å²) in [5, 5.41) is 4.27. The van der Waals surface area contributed by atoms with E-state index in [-0.39, 0.29) is 18.2 Å². The summed E-state index contributed by atoms with van der Waals surface area (Å²) in [5.41, 5.74) is 0.982. The second-order valence-corrected chi connectivity index (χ2v) is 6.69. The van der Waals surface area contributed by atoms with Gasteiger partial charge < -0.3 is 10.1 Å². The summed E-state index contributed by atoms with van der Waals surface area (Å²) < 4.78 is 5.35. The Kier molecular flexibility index (Phi) is 6.84. The molecular weight excluding hydrogens is 346 g/mol. The Labute approximate surface area is 159 Å². The van der Waals surface area contributed by atoms with Gasteiger partial charge in [-0.25, -0.2) is 5.06 Å². The highest BCUT2D eigenvalue weighted by Gasteiger charge is 2.33. The number of benzene rings is 1. The largest absolute Gasteiger partial charge is 0.496 e. The first kappa shape index (κ1) is 19.4. The number of methoxy groups -OCH3 is 1. The highest BCUT2D eigenvalue weighted by Crippen LogP contribution is 2.19. The smallest absolute Gasteiger partial charge is 0.248 e. The first-order valence-electron chi connectivity index (χ1n) is 9.43. The number of hydroxylamine groups is 2. The molecule has 0 aliphatic carbocycles. The van der Waals surface area contributed by atoms with Crippen LogP contribution in [0.1, 0.15) is 24.8 Å². The minimum atomic E-state index is -0.473. The van der Waals surface area contributed by atoms with Gasteiger partial charge in [-0.15, -0.1) is 0 Å². The summed E-state index contributed by atoms with van der Waals surface area (Å²) >= 11 is 0. The Bertz CT molecular complexity index is 686. The van der Waals surface area contributed by atoms with Gasteiger partial charge in [-0.3, -0.25) is 19.3 Å². The average Bonchev–Trinajstić information content (AvgIpc) is 2.71. The van der Waals surface area contributed by atoms with E-state index in [4.69, 9.17) is 9.57 Å². The van der Waals surface area contributed by atoms with Crippen LogP contribution in [0.15, 0.2) is 30.3 Å². The minimum Gasteiger partial charge on any atom is -0.496 e. The van der Waals surface area contributed by atoms with E-state index in [1.807, 2.05) is 41.3 Å². The van der Waals surface area contributed by atoms with Crippen molar-refractivity contribution in [3.8, 4) is 5.75 Å². The van der Waals surface area contributed by atoms with Gasteiger partial charge in [0.15, 0.2) is 0 Å². The van der Waals surface area contributed by atoms with E-state index in [0.717, 1.165) is 24.2 Å². The average molecular weight is 373 g/mol. The number of hydrogen-bond donors (Lipinski definition) is 1. The molecule has 0 bridgehead atoms. The highest BCUT2D eigenvalue weighted by atomic mass is 16.7. The molecule has 27 heavy (non-hydrogen) atoms. The van der Waals surface area contributed by atoms with E-state index in [1.54, 1.807) is 7.11 Å². The SMILES string of the molecule is COc1ccccc1C=CCN1CCNC(=O)C1CC(=O)N1CCCCO1. The van der Waals surface area contributed by atoms with Crippen molar-refractivity contribution in [1.82, 2.24) is 15.3 Å². The van der Waals surface area contributed by atoms with E-state index in [9.17, 15) is 9.59 Å². The molecule has 2 aliphatic heterocycles. The number of para-hydroxylation sites is 1. The van der Waals surface area contributed by atoms with Crippen molar-refractivity contribution in [2.75, 3.05) is 39.9 Å². The van der Waals surface area contributed by atoms with Gasteiger partial charge in [0.05, 0.1) is 26.2 Å². The van der Waals surface area contributed by atoms with Gasteiger partial charge in [-0.2, -0.15) is 0 Å². The predicted molar refractivity (Wildman–Crippen MR) is 102 cm³/mol. The van der Waals surface area contributed by atoms with Crippen LogP contribution in [0.5, 0.6) is 5.75 Å². The van der Waals surface area contributed by atoms with Crippen LogP contribution < -0.4 is 10.1 Å². The third kappa shape index (κ3) is 5.08. The number of hydrogen-bond acceptors (Lipinski definition) is 5. The zero-order valence-electron chi connectivity index (χ0n) is 15.7. The van der Waals surface area contributed by atoms with Crippen molar-refractivity contribution < 1.29 is 19.2 Å². The molecule has 2 fully saturated rings. The van der Waals surface area contributed by atoms with E-state index >= 15 is 0 Å². The molecule has 7 heteroatoms. The Morgan fingerprint density at radius 1 is 1.33 bits per heavy atom. The molecular formula is C20H27N3O4. The van der Waals surface area contributed by atoms with Crippen molar-refractivity contribution in [2.45, 2.75) is 25.3 Å². The van der Waals surface area contributed by atoms with Gasteiger partial charge in [-0.05, 0) is 18.9 Å². The number of rotatable bonds is 6.